The summed E-state index contributed by atoms with van der Waals surface area (Å²) in [5, 5.41) is 16.2. The molecule has 8 heteroatoms. The van der Waals surface area contributed by atoms with E-state index in [2.05, 4.69) is 32.7 Å². The minimum Gasteiger partial charge on any atom is -0.481 e. The van der Waals surface area contributed by atoms with Crippen LogP contribution in [0.5, 0.6) is 5.88 Å². The third kappa shape index (κ3) is 5.06. The van der Waals surface area contributed by atoms with Gasteiger partial charge in [-0.2, -0.15) is 0 Å². The van der Waals surface area contributed by atoms with E-state index in [1.54, 1.807) is 19.4 Å². The molecule has 30 heavy (non-hydrogen) atoms. The number of pyridine rings is 2. The second-order valence-electron chi connectivity index (χ2n) is 8.00. The standard InChI is InChI=1S/C22H29N5O3/c1-30-20-7-5-16(12-24-20)19(11-21(28)29)25-18-13-27(14-18)10-8-17-6-4-15-3-2-9-23-22(15)26-17/h4-7,12,18-19,25H,2-3,8-11,13-14H2,1H3,(H,23,26)(H,28,29)/t19-/m0/s1. The second kappa shape index (κ2) is 9.40. The topological polar surface area (TPSA) is 99.6 Å². The van der Waals surface area contributed by atoms with Crippen molar-refractivity contribution in [2.24, 2.45) is 0 Å². The SMILES string of the molecule is COc1ccc([C@H](CC(=O)O)NC2CN(CCc3ccc4c(n3)NCCC4)C2)cn1. The second-order valence-corrected chi connectivity index (χ2v) is 8.00. The molecule has 0 spiro atoms. The van der Waals surface area contributed by atoms with Crippen LogP contribution in [0.15, 0.2) is 30.5 Å². The molecule has 1 fully saturated rings. The maximum absolute atomic E-state index is 11.3. The molecule has 1 atom stereocenters. The molecule has 2 aliphatic heterocycles. The summed E-state index contributed by atoms with van der Waals surface area (Å²) in [4.78, 5) is 22.7. The molecule has 4 heterocycles. The van der Waals surface area contributed by atoms with Gasteiger partial charge in [0.2, 0.25) is 5.88 Å². The van der Waals surface area contributed by atoms with E-state index in [-0.39, 0.29) is 18.5 Å². The number of aryl methyl sites for hydroxylation is 1. The van der Waals surface area contributed by atoms with Gasteiger partial charge in [0.15, 0.2) is 0 Å². The fourth-order valence-electron chi connectivity index (χ4n) is 4.09. The molecule has 4 rings (SSSR count). The van der Waals surface area contributed by atoms with Crippen molar-refractivity contribution in [3.05, 3.63) is 47.3 Å². The van der Waals surface area contributed by atoms with Gasteiger partial charge in [-0.05, 0) is 30.0 Å². The van der Waals surface area contributed by atoms with Crippen LogP contribution in [-0.4, -0.2) is 65.3 Å². The summed E-state index contributed by atoms with van der Waals surface area (Å²) in [6, 6.07) is 7.99. The molecule has 0 amide bonds. The number of carboxylic acid groups (broad SMARTS) is 1. The van der Waals surface area contributed by atoms with Crippen LogP contribution in [0.2, 0.25) is 0 Å². The molecule has 3 N–H and O–H groups in total. The van der Waals surface area contributed by atoms with Gasteiger partial charge in [0.25, 0.3) is 0 Å². The van der Waals surface area contributed by atoms with Crippen LogP contribution in [0.1, 0.15) is 35.7 Å². The third-order valence-corrected chi connectivity index (χ3v) is 5.78. The summed E-state index contributed by atoms with van der Waals surface area (Å²) in [6.07, 6.45) is 4.91. The number of likely N-dealkylation sites (tertiary alicyclic amines) is 1. The van der Waals surface area contributed by atoms with E-state index in [1.165, 1.54) is 12.0 Å². The van der Waals surface area contributed by atoms with E-state index in [9.17, 15) is 9.90 Å². The van der Waals surface area contributed by atoms with Crippen molar-refractivity contribution in [2.75, 3.05) is 38.6 Å². The first kappa shape index (κ1) is 20.6. The highest BCUT2D eigenvalue weighted by Crippen LogP contribution is 2.22. The molecule has 8 nitrogen and oxygen atoms in total. The van der Waals surface area contributed by atoms with Gasteiger partial charge in [0, 0.05) is 62.6 Å². The minimum atomic E-state index is -0.827. The van der Waals surface area contributed by atoms with Crippen molar-refractivity contribution in [3.63, 3.8) is 0 Å². The zero-order valence-electron chi connectivity index (χ0n) is 17.3. The maximum atomic E-state index is 11.3. The quantitative estimate of drug-likeness (QED) is 0.575. The number of carbonyl (C=O) groups is 1. The molecule has 160 valence electrons. The number of nitrogens with one attached hydrogen (secondary N) is 2. The number of methoxy groups -OCH3 is 1. The molecule has 2 aliphatic rings. The number of fused-ring (bicyclic) bond motifs is 1. The highest BCUT2D eigenvalue weighted by molar-refractivity contribution is 5.68. The van der Waals surface area contributed by atoms with Crippen molar-refractivity contribution in [3.8, 4) is 5.88 Å². The van der Waals surface area contributed by atoms with Gasteiger partial charge in [-0.1, -0.05) is 12.1 Å². The minimum absolute atomic E-state index is 0.0244. The Balaban J connectivity index is 1.26. The lowest BCUT2D eigenvalue weighted by Gasteiger charge is -2.41. The van der Waals surface area contributed by atoms with Gasteiger partial charge in [-0.3, -0.25) is 9.69 Å². The first-order valence-electron chi connectivity index (χ1n) is 10.5. The van der Waals surface area contributed by atoms with Crippen LogP contribution in [-0.2, 0) is 17.6 Å². The molecule has 0 saturated carbocycles. The van der Waals surface area contributed by atoms with Crippen molar-refractivity contribution in [1.29, 1.82) is 0 Å². The average Bonchev–Trinajstić information content (AvgIpc) is 2.74. The van der Waals surface area contributed by atoms with Gasteiger partial charge < -0.3 is 20.5 Å². The van der Waals surface area contributed by atoms with E-state index < -0.39 is 5.97 Å². The number of aromatic nitrogens is 2. The fourth-order valence-corrected chi connectivity index (χ4v) is 4.09. The zero-order valence-corrected chi connectivity index (χ0v) is 17.3. The Bertz CT molecular complexity index is 868. The Kier molecular flexibility index (Phi) is 6.44. The van der Waals surface area contributed by atoms with Crippen LogP contribution in [0.3, 0.4) is 0 Å². The zero-order chi connectivity index (χ0) is 20.9. The van der Waals surface area contributed by atoms with E-state index >= 15 is 0 Å². The lowest BCUT2D eigenvalue weighted by molar-refractivity contribution is -0.137. The van der Waals surface area contributed by atoms with Gasteiger partial charge in [0.1, 0.15) is 5.82 Å². The number of nitrogens with zero attached hydrogens (tertiary/aromatic N) is 3. The van der Waals surface area contributed by atoms with Crippen molar-refractivity contribution < 1.29 is 14.6 Å². The molecule has 0 aliphatic carbocycles. The number of rotatable bonds is 9. The van der Waals surface area contributed by atoms with Crippen molar-refractivity contribution in [2.45, 2.75) is 37.8 Å². The molecule has 0 unspecified atom stereocenters. The van der Waals surface area contributed by atoms with Crippen LogP contribution >= 0.6 is 0 Å². The Morgan fingerprint density at radius 2 is 2.23 bits per heavy atom. The highest BCUT2D eigenvalue weighted by atomic mass is 16.5. The summed E-state index contributed by atoms with van der Waals surface area (Å²) in [6.45, 7) is 3.77. The summed E-state index contributed by atoms with van der Waals surface area (Å²) in [5.41, 5.74) is 3.30. The Hall–Kier alpha value is -2.71. The maximum Gasteiger partial charge on any atom is 0.305 e. The number of carboxylic acids is 1. The Labute approximate surface area is 176 Å². The number of aliphatic carboxylic acids is 1. The summed E-state index contributed by atoms with van der Waals surface area (Å²) in [5.74, 6) is 0.742. The molecule has 0 radical (unpaired) electrons. The van der Waals surface area contributed by atoms with Crippen LogP contribution < -0.4 is 15.4 Å². The first-order chi connectivity index (χ1) is 14.6. The predicted molar refractivity (Wildman–Crippen MR) is 114 cm³/mol. The molecule has 0 bridgehead atoms. The monoisotopic (exact) mass is 411 g/mol. The molecule has 0 aromatic carbocycles. The number of hydrogen-bond donors (Lipinski definition) is 3. The molecular formula is C22H29N5O3. The summed E-state index contributed by atoms with van der Waals surface area (Å²) >= 11 is 0. The number of ether oxygens (including phenoxy) is 1. The average molecular weight is 412 g/mol. The molecular weight excluding hydrogens is 382 g/mol. The smallest absolute Gasteiger partial charge is 0.305 e. The van der Waals surface area contributed by atoms with Gasteiger partial charge in [-0.25, -0.2) is 9.97 Å². The van der Waals surface area contributed by atoms with Crippen LogP contribution in [0.4, 0.5) is 5.82 Å². The largest absolute Gasteiger partial charge is 0.481 e. The molecule has 1 saturated heterocycles. The van der Waals surface area contributed by atoms with Crippen LogP contribution in [0.25, 0.3) is 0 Å². The Morgan fingerprint density at radius 3 is 2.97 bits per heavy atom. The molecule has 2 aromatic heterocycles. The Morgan fingerprint density at radius 1 is 1.37 bits per heavy atom. The predicted octanol–water partition coefficient (Wildman–Crippen LogP) is 1.88. The molecule has 2 aromatic rings. The number of hydrogen-bond acceptors (Lipinski definition) is 7. The van der Waals surface area contributed by atoms with E-state index in [0.29, 0.717) is 5.88 Å². The van der Waals surface area contributed by atoms with Gasteiger partial charge in [-0.15, -0.1) is 0 Å². The van der Waals surface area contributed by atoms with Crippen molar-refractivity contribution >= 4 is 11.8 Å². The lowest BCUT2D eigenvalue weighted by Crippen LogP contribution is -2.59. The first-order valence-corrected chi connectivity index (χ1v) is 10.5. The summed E-state index contributed by atoms with van der Waals surface area (Å²) < 4.78 is 5.09. The fraction of sp³-hybridized carbons (Fsp3) is 0.500. The van der Waals surface area contributed by atoms with E-state index in [0.717, 1.165) is 56.1 Å². The highest BCUT2D eigenvalue weighted by Gasteiger charge is 2.29. The lowest BCUT2D eigenvalue weighted by atomic mass is 10.0. The van der Waals surface area contributed by atoms with E-state index in [4.69, 9.17) is 9.72 Å². The third-order valence-electron chi connectivity index (χ3n) is 5.78. The normalized spacial score (nSPS) is 17.5. The number of anilines is 1. The van der Waals surface area contributed by atoms with Crippen molar-refractivity contribution in [1.82, 2.24) is 20.2 Å². The van der Waals surface area contributed by atoms with E-state index in [1.807, 2.05) is 6.07 Å². The van der Waals surface area contributed by atoms with Gasteiger partial charge >= 0.3 is 5.97 Å². The van der Waals surface area contributed by atoms with Gasteiger partial charge in [0.05, 0.1) is 13.5 Å². The van der Waals surface area contributed by atoms with Crippen LogP contribution in [0, 0.1) is 0 Å². The summed E-state index contributed by atoms with van der Waals surface area (Å²) in [7, 11) is 1.56.